The fraction of sp³-hybridized carbons (Fsp3) is 0.667. The molecule has 0 aromatic rings. The molecule has 1 aliphatic rings. The zero-order valence-corrected chi connectivity index (χ0v) is 13.3. The minimum atomic E-state index is -4.03. The highest BCUT2D eigenvalue weighted by Gasteiger charge is 2.58. The molecule has 1 aliphatic carbocycles. The van der Waals surface area contributed by atoms with Crippen molar-refractivity contribution in [3.63, 3.8) is 0 Å². The van der Waals surface area contributed by atoms with Crippen molar-refractivity contribution in [2.75, 3.05) is 5.75 Å². The molecular weight excluding hydrogens is 286 g/mol. The smallest absolute Gasteiger partial charge is 0.217 e. The van der Waals surface area contributed by atoms with Gasteiger partial charge in [0.25, 0.3) is 0 Å². The third-order valence-electron chi connectivity index (χ3n) is 3.58. The normalized spacial score (nSPS) is 28.6. The van der Waals surface area contributed by atoms with Gasteiger partial charge in [-0.2, -0.15) is 0 Å². The second kappa shape index (κ2) is 4.71. The molecule has 0 heterocycles. The largest absolute Gasteiger partial charge is 0.228 e. The molecule has 0 bridgehead atoms. The predicted octanol–water partition coefficient (Wildman–Crippen LogP) is 0.989. The van der Waals surface area contributed by atoms with E-state index in [-0.39, 0.29) is 5.75 Å². The summed E-state index contributed by atoms with van der Waals surface area (Å²) in [6.45, 7) is 6.64. The molecule has 2 atom stereocenters. The number of primary sulfonamides is 1. The average Bonchev–Trinajstić information content (AvgIpc) is 2.26. The van der Waals surface area contributed by atoms with Gasteiger partial charge in [-0.1, -0.05) is 52.0 Å². The van der Waals surface area contributed by atoms with Crippen LogP contribution in [0.1, 0.15) is 27.7 Å². The molecule has 0 radical (unpaired) electrons. The van der Waals surface area contributed by atoms with Gasteiger partial charge in [0.05, 0.1) is 0 Å². The van der Waals surface area contributed by atoms with Gasteiger partial charge in [-0.15, -0.1) is 0 Å². The number of rotatable bonds is 3. The van der Waals surface area contributed by atoms with E-state index in [1.807, 2.05) is 0 Å². The zero-order chi connectivity index (χ0) is 15.1. The Morgan fingerprint density at radius 2 is 1.68 bits per heavy atom. The molecule has 110 valence electrons. The highest BCUT2D eigenvalue weighted by atomic mass is 32.2. The Kier molecular flexibility index (Phi) is 4.07. The number of sulfone groups is 1. The number of allylic oxidation sites excluding steroid dienone is 2. The van der Waals surface area contributed by atoms with Crippen LogP contribution in [-0.2, 0) is 19.9 Å². The minimum Gasteiger partial charge on any atom is -0.228 e. The monoisotopic (exact) mass is 307 g/mol. The quantitative estimate of drug-likeness (QED) is 0.841. The number of sulfonamides is 1. The van der Waals surface area contributed by atoms with Crippen LogP contribution in [0, 0.1) is 5.41 Å². The fourth-order valence-electron chi connectivity index (χ4n) is 2.62. The van der Waals surface area contributed by atoms with Gasteiger partial charge >= 0.3 is 0 Å². The SMILES string of the molecule is CCS(=O)(=O)C1(C(C)(C)C)C=CC=CC1S(N)(=O)=O. The van der Waals surface area contributed by atoms with Crippen LogP contribution in [0.25, 0.3) is 0 Å². The molecule has 5 nitrogen and oxygen atoms in total. The lowest BCUT2D eigenvalue weighted by molar-refractivity contribution is 0.311. The molecule has 0 aliphatic heterocycles. The maximum absolute atomic E-state index is 12.6. The lowest BCUT2D eigenvalue weighted by Gasteiger charge is -2.46. The molecule has 0 aromatic carbocycles. The summed E-state index contributed by atoms with van der Waals surface area (Å²) in [5, 5.41) is 3.99. The van der Waals surface area contributed by atoms with Gasteiger partial charge in [0.1, 0.15) is 10.00 Å². The Morgan fingerprint density at radius 1 is 1.16 bits per heavy atom. The van der Waals surface area contributed by atoms with E-state index in [1.165, 1.54) is 25.2 Å². The van der Waals surface area contributed by atoms with Gasteiger partial charge in [0, 0.05) is 5.75 Å². The van der Waals surface area contributed by atoms with Crippen LogP contribution in [0.5, 0.6) is 0 Å². The van der Waals surface area contributed by atoms with E-state index >= 15 is 0 Å². The van der Waals surface area contributed by atoms with Gasteiger partial charge in [0.15, 0.2) is 9.84 Å². The van der Waals surface area contributed by atoms with Crippen LogP contribution in [-0.4, -0.2) is 32.6 Å². The second-order valence-corrected chi connectivity index (χ2v) is 9.87. The Balaban J connectivity index is 3.76. The van der Waals surface area contributed by atoms with Gasteiger partial charge < -0.3 is 0 Å². The first-order chi connectivity index (χ1) is 8.40. The summed E-state index contributed by atoms with van der Waals surface area (Å²) >= 11 is 0. The molecule has 0 amide bonds. The maximum atomic E-state index is 12.6. The first-order valence-electron chi connectivity index (χ1n) is 6.00. The van der Waals surface area contributed by atoms with Crippen LogP contribution in [0.15, 0.2) is 24.3 Å². The third-order valence-corrected chi connectivity index (χ3v) is 7.76. The van der Waals surface area contributed by atoms with E-state index in [9.17, 15) is 16.8 Å². The van der Waals surface area contributed by atoms with E-state index in [0.717, 1.165) is 0 Å². The van der Waals surface area contributed by atoms with Crippen molar-refractivity contribution >= 4 is 19.9 Å². The standard InChI is InChI=1S/C12H21NO4S2/c1-5-18(14,15)12(11(2,3)4)9-7-6-8-10(12)19(13,16)17/h6-10H,5H2,1-4H3,(H2,13,16,17). The highest BCUT2D eigenvalue weighted by Crippen LogP contribution is 2.45. The Labute approximate surface area is 115 Å². The Hall–Kier alpha value is -0.660. The van der Waals surface area contributed by atoms with Crippen molar-refractivity contribution in [1.29, 1.82) is 0 Å². The summed E-state index contributed by atoms with van der Waals surface area (Å²) < 4.78 is 47.3. The molecule has 0 saturated carbocycles. The van der Waals surface area contributed by atoms with Crippen molar-refractivity contribution in [2.24, 2.45) is 10.6 Å². The first-order valence-corrected chi connectivity index (χ1v) is 9.26. The lowest BCUT2D eigenvalue weighted by atomic mass is 9.76. The maximum Gasteiger partial charge on any atom is 0.217 e. The van der Waals surface area contributed by atoms with E-state index < -0.39 is 35.3 Å². The van der Waals surface area contributed by atoms with Crippen LogP contribution in [0.4, 0.5) is 0 Å². The molecule has 0 saturated heterocycles. The summed E-state index contributed by atoms with van der Waals surface area (Å²) in [5.74, 6) is -0.144. The molecule has 2 unspecified atom stereocenters. The lowest BCUT2D eigenvalue weighted by Crippen LogP contribution is -2.61. The summed E-state index contributed by atoms with van der Waals surface area (Å²) in [6, 6.07) is 0. The molecule has 0 aromatic heterocycles. The first kappa shape index (κ1) is 16.4. The van der Waals surface area contributed by atoms with Crippen LogP contribution in [0.3, 0.4) is 0 Å². The molecule has 19 heavy (non-hydrogen) atoms. The highest BCUT2D eigenvalue weighted by molar-refractivity contribution is 7.96. The minimum absolute atomic E-state index is 0.144. The number of hydrogen-bond acceptors (Lipinski definition) is 4. The number of hydrogen-bond donors (Lipinski definition) is 1. The predicted molar refractivity (Wildman–Crippen MR) is 76.8 cm³/mol. The third kappa shape index (κ3) is 2.51. The van der Waals surface area contributed by atoms with E-state index in [2.05, 4.69) is 0 Å². The molecule has 1 rings (SSSR count). The van der Waals surface area contributed by atoms with Crippen molar-refractivity contribution in [1.82, 2.24) is 0 Å². The molecule has 7 heteroatoms. The molecule has 2 N–H and O–H groups in total. The van der Waals surface area contributed by atoms with Crippen LogP contribution < -0.4 is 5.14 Å². The van der Waals surface area contributed by atoms with E-state index in [0.29, 0.717) is 0 Å². The second-order valence-electron chi connectivity index (χ2n) is 5.70. The summed E-state index contributed by atoms with van der Waals surface area (Å²) in [5.41, 5.74) is -0.805. The topological polar surface area (TPSA) is 94.3 Å². The van der Waals surface area contributed by atoms with Gasteiger partial charge in [0.2, 0.25) is 10.0 Å². The van der Waals surface area contributed by atoms with Crippen LogP contribution in [0.2, 0.25) is 0 Å². The molecular formula is C12H21NO4S2. The Morgan fingerprint density at radius 3 is 2.05 bits per heavy atom. The Bertz CT molecular complexity index is 609. The number of nitrogens with two attached hydrogens (primary N) is 1. The summed E-state index contributed by atoms with van der Waals surface area (Å²) in [6.07, 6.45) is 5.90. The summed E-state index contributed by atoms with van der Waals surface area (Å²) in [4.78, 5) is 0. The van der Waals surface area contributed by atoms with E-state index in [1.54, 1.807) is 26.8 Å². The van der Waals surface area contributed by atoms with Gasteiger partial charge in [-0.3, -0.25) is 0 Å². The van der Waals surface area contributed by atoms with E-state index in [4.69, 9.17) is 5.14 Å². The van der Waals surface area contributed by atoms with Crippen molar-refractivity contribution in [2.45, 2.75) is 37.7 Å². The molecule has 0 fully saturated rings. The zero-order valence-electron chi connectivity index (χ0n) is 11.6. The summed E-state index contributed by atoms with van der Waals surface area (Å²) in [7, 11) is -7.70. The fourth-order valence-corrected chi connectivity index (χ4v) is 6.82. The van der Waals surface area contributed by atoms with Gasteiger partial charge in [-0.05, 0) is 5.41 Å². The average molecular weight is 307 g/mol. The van der Waals surface area contributed by atoms with Crippen molar-refractivity contribution in [3.05, 3.63) is 24.3 Å². The van der Waals surface area contributed by atoms with Crippen molar-refractivity contribution < 1.29 is 16.8 Å². The van der Waals surface area contributed by atoms with Crippen molar-refractivity contribution in [3.8, 4) is 0 Å². The molecule has 0 spiro atoms. The van der Waals surface area contributed by atoms with Crippen LogP contribution >= 0.6 is 0 Å². The van der Waals surface area contributed by atoms with Gasteiger partial charge in [-0.25, -0.2) is 22.0 Å².